The van der Waals surface area contributed by atoms with Gasteiger partial charge in [-0.25, -0.2) is 0 Å². The summed E-state index contributed by atoms with van der Waals surface area (Å²) in [5.41, 5.74) is 0.919. The molecule has 3 atom stereocenters. The lowest BCUT2D eigenvalue weighted by Gasteiger charge is -2.30. The second kappa shape index (κ2) is 3.40. The normalized spacial score (nSPS) is 36.6. The van der Waals surface area contributed by atoms with E-state index in [9.17, 15) is 9.90 Å². The predicted molar refractivity (Wildman–Crippen MR) is 47.7 cm³/mol. The summed E-state index contributed by atoms with van der Waals surface area (Å²) >= 11 is 0. The molecule has 3 unspecified atom stereocenters. The van der Waals surface area contributed by atoms with Crippen LogP contribution in [-0.2, 0) is 4.79 Å². The Kier molecular flexibility index (Phi) is 2.68. The topological polar surface area (TPSA) is 37.3 Å². The third-order valence-electron chi connectivity index (χ3n) is 2.70. The van der Waals surface area contributed by atoms with E-state index in [0.29, 0.717) is 0 Å². The Labute approximate surface area is 73.3 Å². The van der Waals surface area contributed by atoms with Crippen molar-refractivity contribution >= 4 is 5.78 Å². The summed E-state index contributed by atoms with van der Waals surface area (Å²) < 4.78 is 0. The van der Waals surface area contributed by atoms with Crippen LogP contribution in [0.15, 0.2) is 12.2 Å². The lowest BCUT2D eigenvalue weighted by atomic mass is 9.77. The molecule has 1 aliphatic rings. The zero-order chi connectivity index (χ0) is 9.30. The van der Waals surface area contributed by atoms with Crippen molar-refractivity contribution in [2.45, 2.75) is 32.8 Å². The highest BCUT2D eigenvalue weighted by Gasteiger charge is 2.34. The molecule has 0 amide bonds. The van der Waals surface area contributed by atoms with E-state index in [1.54, 1.807) is 0 Å². The number of hydrogen-bond acceptors (Lipinski definition) is 2. The van der Waals surface area contributed by atoms with Gasteiger partial charge in [0.1, 0.15) is 6.10 Å². The van der Waals surface area contributed by atoms with E-state index >= 15 is 0 Å². The van der Waals surface area contributed by atoms with Gasteiger partial charge in [-0.1, -0.05) is 19.1 Å². The minimum absolute atomic E-state index is 0.00583. The van der Waals surface area contributed by atoms with Crippen LogP contribution in [0.2, 0.25) is 0 Å². The fraction of sp³-hybridized carbons (Fsp3) is 0.700. The van der Waals surface area contributed by atoms with E-state index in [1.807, 2.05) is 13.8 Å². The summed E-state index contributed by atoms with van der Waals surface area (Å²) in [6.07, 6.45) is 0.975. The molecule has 0 aromatic heterocycles. The van der Waals surface area contributed by atoms with Crippen molar-refractivity contribution in [1.82, 2.24) is 0 Å². The fourth-order valence-electron chi connectivity index (χ4n) is 1.74. The molecule has 0 aromatic carbocycles. The molecule has 0 aliphatic heterocycles. The summed E-state index contributed by atoms with van der Waals surface area (Å²) in [6.45, 7) is 7.52. The van der Waals surface area contributed by atoms with Crippen LogP contribution in [0.1, 0.15) is 26.7 Å². The van der Waals surface area contributed by atoms with Crippen molar-refractivity contribution in [1.29, 1.82) is 0 Å². The first-order chi connectivity index (χ1) is 5.54. The number of carbonyl (C=O) groups is 1. The SMILES string of the molecule is C=C(C)C1CCC(C)C(=O)C1O. The molecule has 2 nitrogen and oxygen atoms in total. The summed E-state index contributed by atoms with van der Waals surface area (Å²) in [4.78, 5) is 11.3. The van der Waals surface area contributed by atoms with Crippen molar-refractivity contribution in [3.8, 4) is 0 Å². The molecule has 1 rings (SSSR count). The van der Waals surface area contributed by atoms with Crippen molar-refractivity contribution in [2.75, 3.05) is 0 Å². The molecule has 0 bridgehead atoms. The van der Waals surface area contributed by atoms with Crippen LogP contribution < -0.4 is 0 Å². The highest BCUT2D eigenvalue weighted by molar-refractivity contribution is 5.86. The van der Waals surface area contributed by atoms with Crippen LogP contribution >= 0.6 is 0 Å². The summed E-state index contributed by atoms with van der Waals surface area (Å²) in [5, 5.41) is 9.57. The smallest absolute Gasteiger partial charge is 0.164 e. The number of aliphatic hydroxyl groups is 1. The summed E-state index contributed by atoms with van der Waals surface area (Å²) in [5.74, 6) is -0.00134. The Hall–Kier alpha value is -0.630. The standard InChI is InChI=1S/C10H16O2/c1-6(2)8-5-4-7(3)9(11)10(8)12/h7-8,10,12H,1,4-5H2,2-3H3. The third kappa shape index (κ3) is 1.58. The monoisotopic (exact) mass is 168 g/mol. The Morgan fingerprint density at radius 3 is 2.67 bits per heavy atom. The molecule has 1 aliphatic carbocycles. The van der Waals surface area contributed by atoms with Crippen molar-refractivity contribution < 1.29 is 9.90 Å². The van der Waals surface area contributed by atoms with Crippen LogP contribution in [-0.4, -0.2) is 17.0 Å². The van der Waals surface area contributed by atoms with E-state index in [-0.39, 0.29) is 17.6 Å². The number of hydrogen-bond donors (Lipinski definition) is 1. The number of rotatable bonds is 1. The van der Waals surface area contributed by atoms with Crippen molar-refractivity contribution in [2.24, 2.45) is 11.8 Å². The number of ketones is 1. The van der Waals surface area contributed by atoms with E-state index in [4.69, 9.17) is 0 Å². The Morgan fingerprint density at radius 1 is 1.58 bits per heavy atom. The van der Waals surface area contributed by atoms with Gasteiger partial charge < -0.3 is 5.11 Å². The lowest BCUT2D eigenvalue weighted by molar-refractivity contribution is -0.135. The maximum atomic E-state index is 11.3. The van der Waals surface area contributed by atoms with Gasteiger partial charge >= 0.3 is 0 Å². The minimum Gasteiger partial charge on any atom is -0.385 e. The van der Waals surface area contributed by atoms with Gasteiger partial charge in [0.2, 0.25) is 0 Å². The third-order valence-corrected chi connectivity index (χ3v) is 2.70. The van der Waals surface area contributed by atoms with E-state index < -0.39 is 6.10 Å². The molecule has 68 valence electrons. The average molecular weight is 168 g/mol. The summed E-state index contributed by atoms with van der Waals surface area (Å²) in [7, 11) is 0. The maximum Gasteiger partial charge on any atom is 0.164 e. The zero-order valence-corrected chi connectivity index (χ0v) is 7.71. The second-order valence-electron chi connectivity index (χ2n) is 3.78. The fourth-order valence-corrected chi connectivity index (χ4v) is 1.74. The molecule has 1 fully saturated rings. The average Bonchev–Trinajstić information content (AvgIpc) is 2.00. The van der Waals surface area contributed by atoms with Gasteiger partial charge in [0.05, 0.1) is 0 Å². The first-order valence-corrected chi connectivity index (χ1v) is 4.41. The van der Waals surface area contributed by atoms with Gasteiger partial charge in [0.25, 0.3) is 0 Å². The predicted octanol–water partition coefficient (Wildman–Crippen LogP) is 1.54. The first-order valence-electron chi connectivity index (χ1n) is 4.41. The first kappa shape index (κ1) is 9.46. The molecular formula is C10H16O2. The highest BCUT2D eigenvalue weighted by atomic mass is 16.3. The number of Topliss-reactive ketones (excluding diaryl/α,β-unsaturated/α-hetero) is 1. The minimum atomic E-state index is -0.800. The van der Waals surface area contributed by atoms with Gasteiger partial charge in [0.15, 0.2) is 5.78 Å². The van der Waals surface area contributed by atoms with E-state index in [1.165, 1.54) is 0 Å². The van der Waals surface area contributed by atoms with E-state index in [2.05, 4.69) is 6.58 Å². The largest absolute Gasteiger partial charge is 0.385 e. The Morgan fingerprint density at radius 2 is 2.17 bits per heavy atom. The number of carbonyl (C=O) groups excluding carboxylic acids is 1. The molecule has 0 radical (unpaired) electrons. The number of aliphatic hydroxyl groups excluding tert-OH is 1. The van der Waals surface area contributed by atoms with Gasteiger partial charge in [-0.3, -0.25) is 4.79 Å². The van der Waals surface area contributed by atoms with Crippen molar-refractivity contribution in [3.05, 3.63) is 12.2 Å². The Bertz CT molecular complexity index is 208. The molecule has 0 aromatic rings. The molecule has 0 spiro atoms. The van der Waals surface area contributed by atoms with Crippen LogP contribution in [0.4, 0.5) is 0 Å². The molecule has 0 heterocycles. The van der Waals surface area contributed by atoms with E-state index in [0.717, 1.165) is 18.4 Å². The molecule has 2 heteroatoms. The molecule has 0 saturated heterocycles. The highest BCUT2D eigenvalue weighted by Crippen LogP contribution is 2.30. The van der Waals surface area contributed by atoms with Crippen LogP contribution in [0.5, 0.6) is 0 Å². The molecular weight excluding hydrogens is 152 g/mol. The second-order valence-corrected chi connectivity index (χ2v) is 3.78. The maximum absolute atomic E-state index is 11.3. The van der Waals surface area contributed by atoms with Crippen LogP contribution in [0, 0.1) is 11.8 Å². The molecule has 1 saturated carbocycles. The van der Waals surface area contributed by atoms with Crippen molar-refractivity contribution in [3.63, 3.8) is 0 Å². The van der Waals surface area contributed by atoms with Crippen LogP contribution in [0.25, 0.3) is 0 Å². The van der Waals surface area contributed by atoms with Gasteiger partial charge in [-0.2, -0.15) is 0 Å². The molecule has 1 N–H and O–H groups in total. The lowest BCUT2D eigenvalue weighted by Crippen LogP contribution is -2.38. The van der Waals surface area contributed by atoms with Gasteiger partial charge in [-0.05, 0) is 19.8 Å². The van der Waals surface area contributed by atoms with Crippen LogP contribution in [0.3, 0.4) is 0 Å². The van der Waals surface area contributed by atoms with Gasteiger partial charge in [0, 0.05) is 11.8 Å². The molecule has 12 heavy (non-hydrogen) atoms. The Balaban J connectivity index is 2.71. The van der Waals surface area contributed by atoms with Gasteiger partial charge in [-0.15, -0.1) is 0 Å². The summed E-state index contributed by atoms with van der Waals surface area (Å²) in [6, 6.07) is 0. The zero-order valence-electron chi connectivity index (χ0n) is 7.71. The quantitative estimate of drug-likeness (QED) is 0.603.